The molecule has 0 saturated carbocycles. The van der Waals surface area contributed by atoms with Crippen LogP contribution in [0.3, 0.4) is 0 Å². The van der Waals surface area contributed by atoms with Gasteiger partial charge in [0.15, 0.2) is 0 Å². The van der Waals surface area contributed by atoms with Gasteiger partial charge < -0.3 is 15.4 Å². The SMILES string of the molecule is Cl.O=C(NCC1CCCN1)c1ccccc1OC(F)F. The number of para-hydroxylation sites is 1. The zero-order valence-electron chi connectivity index (χ0n) is 10.8. The molecule has 1 aromatic rings. The Bertz CT molecular complexity index is 440. The van der Waals surface area contributed by atoms with Gasteiger partial charge in [-0.1, -0.05) is 12.1 Å². The second-order valence-corrected chi connectivity index (χ2v) is 4.38. The van der Waals surface area contributed by atoms with Crippen molar-refractivity contribution in [3.63, 3.8) is 0 Å². The van der Waals surface area contributed by atoms with Crippen LogP contribution in [0.2, 0.25) is 0 Å². The van der Waals surface area contributed by atoms with Crippen molar-refractivity contribution in [2.75, 3.05) is 13.1 Å². The van der Waals surface area contributed by atoms with E-state index in [1.54, 1.807) is 12.1 Å². The van der Waals surface area contributed by atoms with Crippen molar-refractivity contribution in [2.24, 2.45) is 0 Å². The number of alkyl halides is 2. The zero-order valence-corrected chi connectivity index (χ0v) is 11.6. The highest BCUT2D eigenvalue weighted by atomic mass is 35.5. The van der Waals surface area contributed by atoms with Gasteiger partial charge >= 0.3 is 6.61 Å². The summed E-state index contributed by atoms with van der Waals surface area (Å²) in [7, 11) is 0. The van der Waals surface area contributed by atoms with Gasteiger partial charge in [-0.25, -0.2) is 0 Å². The lowest BCUT2D eigenvalue weighted by molar-refractivity contribution is -0.0501. The Kier molecular flexibility index (Phi) is 6.67. The summed E-state index contributed by atoms with van der Waals surface area (Å²) in [6, 6.07) is 6.24. The molecule has 2 N–H and O–H groups in total. The number of hydrogen-bond donors (Lipinski definition) is 2. The number of hydrogen-bond acceptors (Lipinski definition) is 3. The zero-order chi connectivity index (χ0) is 13.7. The van der Waals surface area contributed by atoms with Crippen LogP contribution in [0.25, 0.3) is 0 Å². The van der Waals surface area contributed by atoms with Gasteiger partial charge in [0, 0.05) is 12.6 Å². The minimum Gasteiger partial charge on any atom is -0.434 e. The lowest BCUT2D eigenvalue weighted by Crippen LogP contribution is -2.37. The predicted molar refractivity (Wildman–Crippen MR) is 73.7 cm³/mol. The topological polar surface area (TPSA) is 50.4 Å². The summed E-state index contributed by atoms with van der Waals surface area (Å²) in [6.07, 6.45) is 2.10. The van der Waals surface area contributed by atoms with Crippen LogP contribution in [0.4, 0.5) is 8.78 Å². The second-order valence-electron chi connectivity index (χ2n) is 4.38. The number of rotatable bonds is 5. The van der Waals surface area contributed by atoms with E-state index in [9.17, 15) is 13.6 Å². The number of amides is 1. The van der Waals surface area contributed by atoms with Gasteiger partial charge in [0.2, 0.25) is 0 Å². The van der Waals surface area contributed by atoms with Crippen LogP contribution in [0, 0.1) is 0 Å². The molecule has 1 aliphatic rings. The molecule has 2 rings (SSSR count). The number of nitrogens with one attached hydrogen (secondary N) is 2. The first kappa shape index (κ1) is 16.7. The highest BCUT2D eigenvalue weighted by Gasteiger charge is 2.18. The number of carbonyl (C=O) groups is 1. The molecule has 1 unspecified atom stereocenters. The standard InChI is InChI=1S/C13H16F2N2O2.ClH/c14-13(15)19-11-6-2-1-5-10(11)12(18)17-8-9-4-3-7-16-9;/h1-2,5-6,9,13,16H,3-4,7-8H2,(H,17,18);1H. The van der Waals surface area contributed by atoms with Crippen molar-refractivity contribution >= 4 is 18.3 Å². The van der Waals surface area contributed by atoms with Crippen LogP contribution in [0.5, 0.6) is 5.75 Å². The van der Waals surface area contributed by atoms with E-state index in [1.165, 1.54) is 12.1 Å². The first-order valence-electron chi connectivity index (χ1n) is 6.22. The van der Waals surface area contributed by atoms with E-state index in [-0.39, 0.29) is 29.8 Å². The Hall–Kier alpha value is -1.40. The maximum atomic E-state index is 12.2. The summed E-state index contributed by atoms with van der Waals surface area (Å²) in [4.78, 5) is 11.9. The molecule has 1 saturated heterocycles. The highest BCUT2D eigenvalue weighted by Crippen LogP contribution is 2.20. The fourth-order valence-corrected chi connectivity index (χ4v) is 2.10. The first-order valence-corrected chi connectivity index (χ1v) is 6.22. The molecule has 112 valence electrons. The Morgan fingerprint density at radius 3 is 2.85 bits per heavy atom. The fourth-order valence-electron chi connectivity index (χ4n) is 2.10. The van der Waals surface area contributed by atoms with Gasteiger partial charge in [-0.05, 0) is 31.5 Å². The van der Waals surface area contributed by atoms with Crippen LogP contribution in [-0.2, 0) is 0 Å². The minimum atomic E-state index is -2.94. The van der Waals surface area contributed by atoms with Crippen LogP contribution < -0.4 is 15.4 Å². The monoisotopic (exact) mass is 306 g/mol. The third kappa shape index (κ3) is 4.61. The van der Waals surface area contributed by atoms with Gasteiger partial charge in [0.1, 0.15) is 5.75 Å². The number of halogens is 3. The van der Waals surface area contributed by atoms with Gasteiger partial charge in [0.25, 0.3) is 5.91 Å². The molecule has 20 heavy (non-hydrogen) atoms. The predicted octanol–water partition coefficient (Wildman–Crippen LogP) is 2.19. The van der Waals surface area contributed by atoms with Crippen molar-refractivity contribution in [3.8, 4) is 5.75 Å². The summed E-state index contributed by atoms with van der Waals surface area (Å²) in [6.45, 7) is -1.50. The van der Waals surface area contributed by atoms with Gasteiger partial charge in [-0.15, -0.1) is 12.4 Å². The molecule has 0 bridgehead atoms. The van der Waals surface area contributed by atoms with E-state index in [2.05, 4.69) is 15.4 Å². The van der Waals surface area contributed by atoms with E-state index in [1.807, 2.05) is 0 Å². The lowest BCUT2D eigenvalue weighted by Gasteiger charge is -2.13. The molecule has 7 heteroatoms. The van der Waals surface area contributed by atoms with Crippen LogP contribution in [-0.4, -0.2) is 31.7 Å². The lowest BCUT2D eigenvalue weighted by atomic mass is 10.1. The third-order valence-corrected chi connectivity index (χ3v) is 3.02. The summed E-state index contributed by atoms with van der Waals surface area (Å²) < 4.78 is 28.8. The molecule has 1 aromatic carbocycles. The van der Waals surface area contributed by atoms with E-state index < -0.39 is 12.5 Å². The molecule has 0 aromatic heterocycles. The Labute approximate surface area is 122 Å². The molecule has 4 nitrogen and oxygen atoms in total. The first-order chi connectivity index (χ1) is 9.16. The smallest absolute Gasteiger partial charge is 0.387 e. The van der Waals surface area contributed by atoms with Gasteiger partial charge in [-0.3, -0.25) is 4.79 Å². The summed E-state index contributed by atoms with van der Waals surface area (Å²) in [5.41, 5.74) is 0.126. The molecule has 1 amide bonds. The Balaban J connectivity index is 0.00000200. The van der Waals surface area contributed by atoms with Crippen molar-refractivity contribution in [2.45, 2.75) is 25.5 Å². The molecular weight excluding hydrogens is 290 g/mol. The molecule has 0 radical (unpaired) electrons. The van der Waals surface area contributed by atoms with Crippen molar-refractivity contribution in [1.82, 2.24) is 10.6 Å². The van der Waals surface area contributed by atoms with E-state index in [0.29, 0.717) is 6.54 Å². The number of ether oxygens (including phenoxy) is 1. The third-order valence-electron chi connectivity index (χ3n) is 3.02. The average Bonchev–Trinajstić information content (AvgIpc) is 2.89. The summed E-state index contributed by atoms with van der Waals surface area (Å²) in [5, 5.41) is 5.97. The summed E-state index contributed by atoms with van der Waals surface area (Å²) in [5.74, 6) is -0.501. The molecular formula is C13H17ClF2N2O2. The molecule has 1 atom stereocenters. The molecule has 0 spiro atoms. The largest absolute Gasteiger partial charge is 0.434 e. The normalized spacial score (nSPS) is 17.6. The van der Waals surface area contributed by atoms with E-state index in [4.69, 9.17) is 0 Å². The average molecular weight is 307 g/mol. The second kappa shape index (κ2) is 8.01. The maximum absolute atomic E-state index is 12.2. The van der Waals surface area contributed by atoms with Crippen LogP contribution >= 0.6 is 12.4 Å². The van der Waals surface area contributed by atoms with E-state index >= 15 is 0 Å². The van der Waals surface area contributed by atoms with Crippen molar-refractivity contribution in [1.29, 1.82) is 0 Å². The Morgan fingerprint density at radius 2 is 2.20 bits per heavy atom. The molecule has 1 heterocycles. The molecule has 1 aliphatic heterocycles. The van der Waals surface area contributed by atoms with Gasteiger partial charge in [0.05, 0.1) is 5.56 Å². The number of carbonyl (C=O) groups excluding carboxylic acids is 1. The minimum absolute atomic E-state index is 0. The van der Waals surface area contributed by atoms with E-state index in [0.717, 1.165) is 19.4 Å². The van der Waals surface area contributed by atoms with Crippen LogP contribution in [0.1, 0.15) is 23.2 Å². The molecule has 1 fully saturated rings. The molecule has 0 aliphatic carbocycles. The maximum Gasteiger partial charge on any atom is 0.387 e. The van der Waals surface area contributed by atoms with Crippen LogP contribution in [0.15, 0.2) is 24.3 Å². The van der Waals surface area contributed by atoms with Gasteiger partial charge in [-0.2, -0.15) is 8.78 Å². The summed E-state index contributed by atoms with van der Waals surface area (Å²) >= 11 is 0. The van der Waals surface area contributed by atoms with Crippen molar-refractivity contribution < 1.29 is 18.3 Å². The highest BCUT2D eigenvalue weighted by molar-refractivity contribution is 5.96. The quantitative estimate of drug-likeness (QED) is 0.877. The fraction of sp³-hybridized carbons (Fsp3) is 0.462. The van der Waals surface area contributed by atoms with Crippen molar-refractivity contribution in [3.05, 3.63) is 29.8 Å². The Morgan fingerprint density at radius 1 is 1.45 bits per heavy atom. The number of benzene rings is 1.